The van der Waals surface area contributed by atoms with Gasteiger partial charge in [-0.2, -0.15) is 0 Å². The van der Waals surface area contributed by atoms with Gasteiger partial charge in [0.05, 0.1) is 4.90 Å². The molecule has 0 aromatic heterocycles. The lowest BCUT2D eigenvalue weighted by atomic mass is 10.1. The van der Waals surface area contributed by atoms with Crippen LogP contribution in [0.25, 0.3) is 0 Å². The topological polar surface area (TPSA) is 105 Å². The summed E-state index contributed by atoms with van der Waals surface area (Å²) in [5, 5.41) is 5.01. The third kappa shape index (κ3) is 6.05. The number of benzene rings is 2. The maximum absolute atomic E-state index is 11.7. The first kappa shape index (κ1) is 19.7. The van der Waals surface area contributed by atoms with Crippen LogP contribution in [-0.2, 0) is 19.6 Å². The highest BCUT2D eigenvalue weighted by atomic mass is 32.2. The zero-order valence-corrected chi connectivity index (χ0v) is 15.4. The van der Waals surface area contributed by atoms with Crippen molar-refractivity contribution in [3.8, 4) is 11.5 Å². The van der Waals surface area contributed by atoms with E-state index >= 15 is 0 Å². The number of primary sulfonamides is 1. The molecule has 8 heteroatoms. The van der Waals surface area contributed by atoms with Crippen LogP contribution in [0.15, 0.2) is 47.4 Å². The molecule has 0 aliphatic carbocycles. The van der Waals surface area contributed by atoms with E-state index in [2.05, 4.69) is 0 Å². The highest BCUT2D eigenvalue weighted by Crippen LogP contribution is 2.18. The third-order valence-electron chi connectivity index (χ3n) is 3.44. The Kier molecular flexibility index (Phi) is 6.59. The molecule has 0 unspecified atom stereocenters. The van der Waals surface area contributed by atoms with Crippen molar-refractivity contribution in [3.05, 3.63) is 53.6 Å². The van der Waals surface area contributed by atoms with E-state index in [4.69, 9.17) is 19.3 Å². The van der Waals surface area contributed by atoms with Crippen LogP contribution in [0.4, 0.5) is 0 Å². The second kappa shape index (κ2) is 8.68. The summed E-state index contributed by atoms with van der Waals surface area (Å²) in [6.45, 7) is 3.87. The third-order valence-corrected chi connectivity index (χ3v) is 4.37. The van der Waals surface area contributed by atoms with Crippen molar-refractivity contribution in [1.82, 2.24) is 0 Å². The van der Waals surface area contributed by atoms with E-state index in [1.165, 1.54) is 24.3 Å². The molecule has 0 spiro atoms. The number of nitrogens with two attached hydrogens (primary N) is 1. The summed E-state index contributed by atoms with van der Waals surface area (Å²) >= 11 is 0. The molecule has 0 saturated heterocycles. The second-order valence-corrected chi connectivity index (χ2v) is 7.20. The smallest absolute Gasteiger partial charge is 0.344 e. The monoisotopic (exact) mass is 379 g/mol. The van der Waals surface area contributed by atoms with E-state index in [1.807, 2.05) is 32.0 Å². The minimum Gasteiger partial charge on any atom is -0.490 e. The zero-order chi connectivity index (χ0) is 19.2. The highest BCUT2D eigenvalue weighted by molar-refractivity contribution is 7.89. The highest BCUT2D eigenvalue weighted by Gasteiger charge is 2.08. The maximum atomic E-state index is 11.7. The van der Waals surface area contributed by atoms with Gasteiger partial charge < -0.3 is 14.2 Å². The number of hydrogen-bond acceptors (Lipinski definition) is 6. The molecule has 0 saturated carbocycles. The predicted molar refractivity (Wildman–Crippen MR) is 95.7 cm³/mol. The molecule has 2 aromatic carbocycles. The van der Waals surface area contributed by atoms with Crippen LogP contribution in [-0.4, -0.2) is 34.2 Å². The summed E-state index contributed by atoms with van der Waals surface area (Å²) in [6, 6.07) is 11.3. The predicted octanol–water partition coefficient (Wildman–Crippen LogP) is 1.95. The van der Waals surface area contributed by atoms with Crippen molar-refractivity contribution < 1.29 is 27.4 Å². The largest absolute Gasteiger partial charge is 0.490 e. The molecule has 0 atom stereocenters. The summed E-state index contributed by atoms with van der Waals surface area (Å²) in [6.07, 6.45) is 0. The van der Waals surface area contributed by atoms with Crippen LogP contribution in [0, 0.1) is 13.8 Å². The summed E-state index contributed by atoms with van der Waals surface area (Å²) in [7, 11) is -3.73. The van der Waals surface area contributed by atoms with E-state index < -0.39 is 16.0 Å². The van der Waals surface area contributed by atoms with E-state index in [0.29, 0.717) is 11.5 Å². The molecule has 0 aliphatic heterocycles. The van der Waals surface area contributed by atoms with Gasteiger partial charge in [0.15, 0.2) is 6.61 Å². The summed E-state index contributed by atoms with van der Waals surface area (Å²) in [5.74, 6) is 0.580. The van der Waals surface area contributed by atoms with Crippen molar-refractivity contribution >= 4 is 16.0 Å². The van der Waals surface area contributed by atoms with Gasteiger partial charge in [0.2, 0.25) is 10.0 Å². The molecule has 2 aromatic rings. The Bertz CT molecular complexity index is 862. The molecular formula is C18H21NO6S. The summed E-state index contributed by atoms with van der Waals surface area (Å²) in [5.41, 5.74) is 2.07. The number of carbonyl (C=O) groups is 1. The fourth-order valence-electron chi connectivity index (χ4n) is 2.18. The Labute approximate surface area is 152 Å². The van der Waals surface area contributed by atoms with Crippen LogP contribution in [0.1, 0.15) is 11.1 Å². The van der Waals surface area contributed by atoms with Crippen molar-refractivity contribution in [2.45, 2.75) is 18.7 Å². The van der Waals surface area contributed by atoms with Gasteiger partial charge in [-0.15, -0.1) is 0 Å². The molecular weight excluding hydrogens is 358 g/mol. The summed E-state index contributed by atoms with van der Waals surface area (Å²) < 4.78 is 38.1. The average Bonchev–Trinajstić information content (AvgIpc) is 2.57. The van der Waals surface area contributed by atoms with Crippen molar-refractivity contribution in [3.63, 3.8) is 0 Å². The lowest BCUT2D eigenvalue weighted by Gasteiger charge is -2.10. The van der Waals surface area contributed by atoms with Gasteiger partial charge in [-0.05, 0) is 49.7 Å². The van der Waals surface area contributed by atoms with Crippen molar-refractivity contribution in [2.75, 3.05) is 19.8 Å². The van der Waals surface area contributed by atoms with Gasteiger partial charge in [-0.3, -0.25) is 0 Å². The number of hydrogen-bond donors (Lipinski definition) is 1. The van der Waals surface area contributed by atoms with Crippen molar-refractivity contribution in [2.24, 2.45) is 5.14 Å². The molecule has 0 fully saturated rings. The van der Waals surface area contributed by atoms with Gasteiger partial charge in [0.1, 0.15) is 24.7 Å². The zero-order valence-electron chi connectivity index (χ0n) is 14.6. The first-order valence-corrected chi connectivity index (χ1v) is 9.41. The van der Waals surface area contributed by atoms with E-state index in [9.17, 15) is 13.2 Å². The minimum absolute atomic E-state index is 0.000161. The van der Waals surface area contributed by atoms with Gasteiger partial charge >= 0.3 is 5.97 Å². The molecule has 0 amide bonds. The van der Waals surface area contributed by atoms with Gasteiger partial charge in [0.25, 0.3) is 0 Å². The lowest BCUT2D eigenvalue weighted by molar-refractivity contribution is -0.146. The fraction of sp³-hybridized carbons (Fsp3) is 0.278. The van der Waals surface area contributed by atoms with E-state index in [1.54, 1.807) is 0 Å². The molecule has 140 valence electrons. The molecule has 26 heavy (non-hydrogen) atoms. The number of carbonyl (C=O) groups excluding carboxylic acids is 1. The van der Waals surface area contributed by atoms with E-state index in [-0.39, 0.29) is 24.7 Å². The van der Waals surface area contributed by atoms with Crippen LogP contribution < -0.4 is 14.6 Å². The average molecular weight is 379 g/mol. The van der Waals surface area contributed by atoms with Crippen LogP contribution >= 0.6 is 0 Å². The Hall–Kier alpha value is -2.58. The summed E-state index contributed by atoms with van der Waals surface area (Å²) in [4.78, 5) is 11.7. The number of rotatable bonds is 8. The Morgan fingerprint density at radius 1 is 1.00 bits per heavy atom. The number of ether oxygens (including phenoxy) is 3. The normalized spacial score (nSPS) is 11.0. The minimum atomic E-state index is -3.73. The first-order valence-electron chi connectivity index (χ1n) is 7.87. The molecule has 0 bridgehead atoms. The molecule has 2 N–H and O–H groups in total. The maximum Gasteiger partial charge on any atom is 0.344 e. The molecule has 0 radical (unpaired) electrons. The van der Waals surface area contributed by atoms with Crippen LogP contribution in [0.2, 0.25) is 0 Å². The Morgan fingerprint density at radius 2 is 1.69 bits per heavy atom. The second-order valence-electron chi connectivity index (χ2n) is 5.64. The van der Waals surface area contributed by atoms with Crippen molar-refractivity contribution in [1.29, 1.82) is 0 Å². The number of aryl methyl sites for hydroxylation is 2. The first-order chi connectivity index (χ1) is 12.3. The quantitative estimate of drug-likeness (QED) is 0.555. The molecule has 0 aliphatic rings. The van der Waals surface area contributed by atoms with Crippen LogP contribution in [0.5, 0.6) is 11.5 Å². The number of esters is 1. The molecule has 0 heterocycles. The lowest BCUT2D eigenvalue weighted by Crippen LogP contribution is -2.18. The Balaban J connectivity index is 1.70. The number of sulfonamides is 1. The fourth-order valence-corrected chi connectivity index (χ4v) is 2.70. The Morgan fingerprint density at radius 3 is 2.31 bits per heavy atom. The molecule has 2 rings (SSSR count). The SMILES string of the molecule is Cc1ccc(OCC(=O)OCCOc2ccc(S(N)(=O)=O)cc2)c(C)c1. The van der Waals surface area contributed by atoms with Gasteiger partial charge in [-0.25, -0.2) is 18.4 Å². The molecule has 7 nitrogen and oxygen atoms in total. The van der Waals surface area contributed by atoms with Gasteiger partial charge in [0, 0.05) is 0 Å². The van der Waals surface area contributed by atoms with Crippen LogP contribution in [0.3, 0.4) is 0 Å². The standard InChI is InChI=1S/C18H21NO6S/c1-13-3-8-17(14(2)11-13)25-12-18(20)24-10-9-23-15-4-6-16(7-5-15)26(19,21)22/h3-8,11H,9-10,12H2,1-2H3,(H2,19,21,22). The van der Waals surface area contributed by atoms with E-state index in [0.717, 1.165) is 11.1 Å². The van der Waals surface area contributed by atoms with Gasteiger partial charge in [-0.1, -0.05) is 17.7 Å².